The molecule has 4 heteroatoms. The second kappa shape index (κ2) is 20.8. The average molecular weight is 1380 g/mol. The zero-order chi connectivity index (χ0) is 70.7. The van der Waals surface area contributed by atoms with Gasteiger partial charge >= 0.3 is 0 Å². The zero-order valence-electron chi connectivity index (χ0n) is 59.2. The van der Waals surface area contributed by atoms with Crippen LogP contribution in [0.3, 0.4) is 0 Å². The Labute approximate surface area is 631 Å². The Balaban J connectivity index is 0.855. The van der Waals surface area contributed by atoms with E-state index in [9.17, 15) is 0 Å². The van der Waals surface area contributed by atoms with E-state index in [4.69, 9.17) is 0 Å². The number of aromatic nitrogens is 1. The lowest BCUT2D eigenvalue weighted by Gasteiger charge is -2.47. The first kappa shape index (κ1) is 58.5. The molecule has 0 atom stereocenters. The van der Waals surface area contributed by atoms with Crippen molar-refractivity contribution in [3.05, 3.63) is 443 Å². The molecule has 8 aliphatic rings. The van der Waals surface area contributed by atoms with Crippen LogP contribution in [0.2, 0.25) is 0 Å². The summed E-state index contributed by atoms with van der Waals surface area (Å²) in [5, 5.41) is 2.44. The van der Waals surface area contributed by atoms with E-state index in [1.165, 1.54) is 183 Å². The van der Waals surface area contributed by atoms with Gasteiger partial charge in [0.05, 0.1) is 33.0 Å². The number of hydrogen-bond donors (Lipinski definition) is 0. The third-order valence-electron chi connectivity index (χ3n) is 26.6. The lowest BCUT2D eigenvalue weighted by molar-refractivity contribution is 0.792. The summed E-state index contributed by atoms with van der Waals surface area (Å²) < 4.78 is 2.57. The summed E-state index contributed by atoms with van der Waals surface area (Å²) in [5.41, 5.74) is 45.9. The molecule has 26 rings (SSSR count). The number of hydrogen-bond acceptors (Lipinski definition) is 2. The number of anilines is 6. The van der Waals surface area contributed by atoms with Crippen LogP contribution in [-0.4, -0.2) is 11.3 Å². The molecule has 0 saturated carbocycles. The van der Waals surface area contributed by atoms with Crippen LogP contribution in [-0.2, 0) is 16.2 Å². The fraction of sp³-hybridized carbons (Fsp3) is 0.0286. The topological polar surface area (TPSA) is 11.4 Å². The van der Waals surface area contributed by atoms with Gasteiger partial charge in [-0.15, -0.1) is 0 Å². The molecule has 0 N–H and O–H groups in total. The highest BCUT2D eigenvalue weighted by Gasteiger charge is 2.60. The normalized spacial score (nSPS) is 15.0. The predicted molar refractivity (Wildman–Crippen MR) is 449 cm³/mol. The second-order valence-electron chi connectivity index (χ2n) is 31.0. The van der Waals surface area contributed by atoms with Crippen LogP contribution in [0.5, 0.6) is 0 Å². The molecule has 0 saturated heterocycles. The molecule has 0 fully saturated rings. The largest absolute Gasteiger partial charge is 0.311 e. The molecule has 0 unspecified atom stereocenters. The maximum atomic E-state index is 2.81. The van der Waals surface area contributed by atoms with Gasteiger partial charge in [0.2, 0.25) is 0 Å². The van der Waals surface area contributed by atoms with Crippen molar-refractivity contribution in [2.45, 2.75) is 16.2 Å². The summed E-state index contributed by atoms with van der Waals surface area (Å²) in [6.45, 7) is -0.314. The van der Waals surface area contributed by atoms with Gasteiger partial charge in [-0.05, 0) is 210 Å². The first-order chi connectivity index (χ1) is 54.1. The van der Waals surface area contributed by atoms with Gasteiger partial charge < -0.3 is 14.4 Å². The van der Waals surface area contributed by atoms with Crippen molar-refractivity contribution < 1.29 is 0 Å². The molecule has 0 radical (unpaired) electrons. The molecule has 0 amide bonds. The van der Waals surface area contributed by atoms with E-state index in [-0.39, 0.29) is 6.71 Å². The van der Waals surface area contributed by atoms with Gasteiger partial charge in [0.15, 0.2) is 0 Å². The Hall–Kier alpha value is -13.8. The van der Waals surface area contributed by atoms with Crippen molar-refractivity contribution in [2.75, 3.05) is 9.80 Å². The lowest BCUT2D eigenvalue weighted by Crippen LogP contribution is -2.62. The number of benzene rings is 17. The molecule has 3 spiro atoms. The minimum Gasteiger partial charge on any atom is -0.311 e. The second-order valence-corrected chi connectivity index (χ2v) is 31.0. The first-order valence-corrected chi connectivity index (χ1v) is 38.4. The monoisotopic (exact) mass is 1380 g/mol. The molecule has 109 heavy (non-hydrogen) atoms. The van der Waals surface area contributed by atoms with Crippen molar-refractivity contribution in [3.8, 4) is 83.6 Å². The molecular weight excluding hydrogens is 1310 g/mol. The van der Waals surface area contributed by atoms with E-state index < -0.39 is 16.2 Å². The molecule has 1 aromatic heterocycles. The van der Waals surface area contributed by atoms with Gasteiger partial charge in [0.25, 0.3) is 6.71 Å². The molecule has 17 aromatic carbocycles. The SMILES string of the molecule is c1ccc(-c2ccc(N3c4cc(-n5c6ccccc6c6ccccc65)cc5c4B(c4ccc6c(c4N5c4ccc5c(c4)-c4ccccc4C54c5ccccc5-c5ccccc54)C4(c5ccccc5-c5ccccc54)c4ccccc4-6)c4c3ccc3c4-c4ccccc4C34c3ccccc3-c3ccccc34)cc2)cc1. The summed E-state index contributed by atoms with van der Waals surface area (Å²) in [4.78, 5) is 5.49. The summed E-state index contributed by atoms with van der Waals surface area (Å²) in [6, 6.07) is 146. The maximum Gasteiger partial charge on any atom is 0.252 e. The predicted octanol–water partition coefficient (Wildman–Crippen LogP) is 23.6. The highest BCUT2D eigenvalue weighted by molar-refractivity contribution is 7.01. The van der Waals surface area contributed by atoms with Crippen LogP contribution in [0, 0.1) is 0 Å². The minimum atomic E-state index is -0.741. The molecular formula is C105H62BN3. The smallest absolute Gasteiger partial charge is 0.252 e. The van der Waals surface area contributed by atoms with Crippen LogP contribution >= 0.6 is 0 Å². The van der Waals surface area contributed by atoms with E-state index >= 15 is 0 Å². The van der Waals surface area contributed by atoms with E-state index in [0.717, 1.165) is 39.5 Å². The van der Waals surface area contributed by atoms with Gasteiger partial charge in [0, 0.05) is 50.5 Å². The standard InChI is InChI=1S/C105H62BN3/c1-2-26-63(27-3-1)64-50-52-65(53-51-64)107-95-59-57-91-98(79-38-12-23-47-89(79)104(91)83-41-17-6-30-70(83)71-31-7-18-42-84(71)104)101(95)106-92-58-55-78-74-34-10-22-46-88(74)105(86-44-20-8-32-72(86)73-33-9-21-45-87(73)105)99(78)102(92)109(97-62-67(61-96(107)100(97)106)108-93-48-24-13-36-76(93)77-37-14-25-49-94(77)108)66-54-56-90-80(60-66)75-35-11-19-43-85(75)103(90)81-39-15-4-28-68(81)69-29-5-16-40-82(69)103/h1-62H. The van der Waals surface area contributed by atoms with Crippen molar-refractivity contribution in [1.82, 2.24) is 4.57 Å². The van der Waals surface area contributed by atoms with Crippen LogP contribution < -0.4 is 26.2 Å². The molecule has 2 aliphatic heterocycles. The molecule has 18 aromatic rings. The van der Waals surface area contributed by atoms with Crippen molar-refractivity contribution in [2.24, 2.45) is 0 Å². The van der Waals surface area contributed by atoms with Crippen molar-refractivity contribution >= 4 is 79.0 Å². The van der Waals surface area contributed by atoms with E-state index in [1.807, 2.05) is 0 Å². The number of para-hydroxylation sites is 2. The van der Waals surface area contributed by atoms with Crippen LogP contribution in [0.1, 0.15) is 66.8 Å². The summed E-state index contributed by atoms with van der Waals surface area (Å²) >= 11 is 0. The fourth-order valence-corrected chi connectivity index (χ4v) is 22.9. The lowest BCUT2D eigenvalue weighted by atomic mass is 9.32. The average Bonchev–Trinajstić information content (AvgIpc) is 1.54. The van der Waals surface area contributed by atoms with Crippen molar-refractivity contribution in [3.63, 3.8) is 0 Å². The van der Waals surface area contributed by atoms with Crippen molar-refractivity contribution in [1.29, 1.82) is 0 Å². The van der Waals surface area contributed by atoms with E-state index in [2.05, 4.69) is 390 Å². The molecule has 500 valence electrons. The Morgan fingerprint density at radius 1 is 0.220 bits per heavy atom. The summed E-state index contributed by atoms with van der Waals surface area (Å²) in [5.74, 6) is 0. The molecule has 3 nitrogen and oxygen atoms in total. The Bertz CT molecular complexity index is 6950. The Morgan fingerprint density at radius 3 is 1.11 bits per heavy atom. The molecule has 6 aliphatic carbocycles. The van der Waals surface area contributed by atoms with E-state index in [0.29, 0.717) is 0 Å². The number of rotatable bonds is 4. The van der Waals surface area contributed by atoms with Gasteiger partial charge in [-0.2, -0.15) is 0 Å². The third-order valence-corrected chi connectivity index (χ3v) is 26.6. The minimum absolute atomic E-state index is 0.314. The number of nitrogens with zero attached hydrogens (tertiary/aromatic N) is 3. The van der Waals surface area contributed by atoms with Gasteiger partial charge in [0.1, 0.15) is 0 Å². The highest BCUT2D eigenvalue weighted by Crippen LogP contribution is 2.69. The van der Waals surface area contributed by atoms with Gasteiger partial charge in [-0.1, -0.05) is 322 Å². The summed E-state index contributed by atoms with van der Waals surface area (Å²) in [6.07, 6.45) is 0. The van der Waals surface area contributed by atoms with Gasteiger partial charge in [-0.3, -0.25) is 0 Å². The summed E-state index contributed by atoms with van der Waals surface area (Å²) in [7, 11) is 0. The van der Waals surface area contributed by atoms with E-state index in [1.54, 1.807) is 0 Å². The van der Waals surface area contributed by atoms with Crippen LogP contribution in [0.25, 0.3) is 105 Å². The molecule has 3 heterocycles. The maximum absolute atomic E-state index is 2.81. The van der Waals surface area contributed by atoms with Crippen LogP contribution in [0.4, 0.5) is 34.1 Å². The zero-order valence-corrected chi connectivity index (χ0v) is 59.2. The molecule has 0 bridgehead atoms. The first-order valence-electron chi connectivity index (χ1n) is 38.4. The highest BCUT2D eigenvalue weighted by atomic mass is 15.2. The van der Waals surface area contributed by atoms with Gasteiger partial charge in [-0.25, -0.2) is 0 Å². The Morgan fingerprint density at radius 2 is 0.596 bits per heavy atom. The number of fused-ring (bicyclic) bond motifs is 39. The third kappa shape index (κ3) is 6.92. The quantitative estimate of drug-likeness (QED) is 0.163. The van der Waals surface area contributed by atoms with Crippen LogP contribution in [0.15, 0.2) is 376 Å². The Kier molecular flexibility index (Phi) is 11.2. The fourth-order valence-electron chi connectivity index (χ4n) is 22.9.